The zero-order chi connectivity index (χ0) is 21.2. The van der Waals surface area contributed by atoms with Crippen LogP contribution in [0.5, 0.6) is 0 Å². The number of piperidine rings is 1. The standard InChI is InChI=1S/C24H38N4O2/c1-27(22-13-6-3-7-14-22)16-9-15-25-23(29)19-28-17-8-10-20(18-28)24(30)26-21-11-4-2-5-12-21/h3,6-7,13-14,20-21H,2,4-5,8-12,15-19H2,1H3,(H,25,29)(H,26,30). The van der Waals surface area contributed by atoms with Gasteiger partial charge in [0, 0.05) is 38.4 Å². The van der Waals surface area contributed by atoms with E-state index >= 15 is 0 Å². The van der Waals surface area contributed by atoms with E-state index in [-0.39, 0.29) is 17.7 Å². The van der Waals surface area contributed by atoms with Crippen LogP contribution in [0.3, 0.4) is 0 Å². The lowest BCUT2D eigenvalue weighted by molar-refractivity contribution is -0.129. The minimum atomic E-state index is 0.0213. The molecule has 1 aromatic rings. The molecule has 1 saturated heterocycles. The molecule has 2 N–H and O–H groups in total. The van der Waals surface area contributed by atoms with E-state index in [4.69, 9.17) is 0 Å². The van der Waals surface area contributed by atoms with Crippen molar-refractivity contribution in [2.24, 2.45) is 5.92 Å². The molecule has 2 fully saturated rings. The van der Waals surface area contributed by atoms with Crippen LogP contribution in [0.15, 0.2) is 30.3 Å². The Hall–Kier alpha value is -2.08. The van der Waals surface area contributed by atoms with Gasteiger partial charge in [0.05, 0.1) is 12.5 Å². The minimum Gasteiger partial charge on any atom is -0.375 e. The van der Waals surface area contributed by atoms with Crippen LogP contribution in [0.1, 0.15) is 51.4 Å². The van der Waals surface area contributed by atoms with Crippen molar-refractivity contribution in [3.63, 3.8) is 0 Å². The third kappa shape index (κ3) is 7.31. The summed E-state index contributed by atoms with van der Waals surface area (Å²) >= 11 is 0. The van der Waals surface area contributed by atoms with Gasteiger partial charge in [0.15, 0.2) is 0 Å². The lowest BCUT2D eigenvalue weighted by Crippen LogP contribution is -2.48. The number of carbonyl (C=O) groups is 2. The molecule has 2 amide bonds. The number of nitrogens with zero attached hydrogens (tertiary/aromatic N) is 2. The molecule has 166 valence electrons. The molecule has 1 aliphatic heterocycles. The van der Waals surface area contributed by atoms with Gasteiger partial charge in [-0.1, -0.05) is 37.5 Å². The second-order valence-corrected chi connectivity index (χ2v) is 8.88. The predicted octanol–water partition coefficient (Wildman–Crippen LogP) is 2.79. The van der Waals surface area contributed by atoms with Crippen molar-refractivity contribution < 1.29 is 9.59 Å². The molecule has 1 heterocycles. The number of likely N-dealkylation sites (tertiary alicyclic amines) is 1. The fourth-order valence-electron chi connectivity index (χ4n) is 4.59. The number of carbonyl (C=O) groups excluding carboxylic acids is 2. The summed E-state index contributed by atoms with van der Waals surface area (Å²) in [4.78, 5) is 29.3. The largest absolute Gasteiger partial charge is 0.375 e. The first kappa shape index (κ1) is 22.6. The molecule has 1 saturated carbocycles. The average molecular weight is 415 g/mol. The van der Waals surface area contributed by atoms with E-state index < -0.39 is 0 Å². The molecule has 0 spiro atoms. The molecule has 6 heteroatoms. The predicted molar refractivity (Wildman–Crippen MR) is 122 cm³/mol. The molecule has 0 aromatic heterocycles. The summed E-state index contributed by atoms with van der Waals surface area (Å²) in [5, 5.41) is 6.30. The minimum absolute atomic E-state index is 0.0213. The van der Waals surface area contributed by atoms with Crippen LogP contribution < -0.4 is 15.5 Å². The lowest BCUT2D eigenvalue weighted by Gasteiger charge is -2.33. The first-order valence-electron chi connectivity index (χ1n) is 11.7. The second kappa shape index (κ2) is 11.9. The van der Waals surface area contributed by atoms with E-state index in [9.17, 15) is 9.59 Å². The summed E-state index contributed by atoms with van der Waals surface area (Å²) in [6, 6.07) is 10.6. The van der Waals surface area contributed by atoms with Gasteiger partial charge in [-0.15, -0.1) is 0 Å². The van der Waals surface area contributed by atoms with E-state index in [1.807, 2.05) is 18.2 Å². The maximum atomic E-state index is 12.6. The highest BCUT2D eigenvalue weighted by Gasteiger charge is 2.28. The highest BCUT2D eigenvalue weighted by atomic mass is 16.2. The lowest BCUT2D eigenvalue weighted by atomic mass is 9.93. The molecule has 2 aliphatic rings. The van der Waals surface area contributed by atoms with Gasteiger partial charge in [-0.3, -0.25) is 14.5 Å². The first-order chi connectivity index (χ1) is 14.6. The van der Waals surface area contributed by atoms with Crippen LogP contribution in [0.2, 0.25) is 0 Å². The third-order valence-corrected chi connectivity index (χ3v) is 6.38. The Kier molecular flexibility index (Phi) is 9.00. The van der Waals surface area contributed by atoms with E-state index in [2.05, 4.69) is 39.6 Å². The summed E-state index contributed by atoms with van der Waals surface area (Å²) < 4.78 is 0. The van der Waals surface area contributed by atoms with Crippen molar-refractivity contribution >= 4 is 17.5 Å². The molecule has 1 aliphatic carbocycles. The van der Waals surface area contributed by atoms with Gasteiger partial charge >= 0.3 is 0 Å². The van der Waals surface area contributed by atoms with Crippen molar-refractivity contribution in [3.05, 3.63) is 30.3 Å². The topological polar surface area (TPSA) is 64.7 Å². The molecule has 1 unspecified atom stereocenters. The van der Waals surface area contributed by atoms with Crippen molar-refractivity contribution in [1.82, 2.24) is 15.5 Å². The number of rotatable bonds is 9. The van der Waals surface area contributed by atoms with Gasteiger partial charge < -0.3 is 15.5 Å². The Balaban J connectivity index is 1.32. The van der Waals surface area contributed by atoms with Crippen LogP contribution in [0, 0.1) is 5.92 Å². The number of para-hydroxylation sites is 1. The summed E-state index contributed by atoms with van der Waals surface area (Å²) in [6.07, 6.45) is 8.80. The van der Waals surface area contributed by atoms with E-state index in [0.717, 1.165) is 45.2 Å². The summed E-state index contributed by atoms with van der Waals surface area (Å²) in [7, 11) is 2.07. The Bertz CT molecular complexity index is 660. The first-order valence-corrected chi connectivity index (χ1v) is 11.7. The van der Waals surface area contributed by atoms with Gasteiger partial charge in [-0.2, -0.15) is 0 Å². The van der Waals surface area contributed by atoms with Crippen LogP contribution >= 0.6 is 0 Å². The van der Waals surface area contributed by atoms with E-state index in [1.165, 1.54) is 24.9 Å². The Morgan fingerprint density at radius 3 is 2.60 bits per heavy atom. The van der Waals surface area contributed by atoms with Gasteiger partial charge in [0.2, 0.25) is 11.8 Å². The monoisotopic (exact) mass is 414 g/mol. The zero-order valence-corrected chi connectivity index (χ0v) is 18.4. The molecule has 1 aromatic carbocycles. The number of hydrogen-bond acceptors (Lipinski definition) is 4. The van der Waals surface area contributed by atoms with Gasteiger partial charge in [-0.25, -0.2) is 0 Å². The molecule has 0 radical (unpaired) electrons. The Labute approximate surface area is 181 Å². The molecule has 6 nitrogen and oxygen atoms in total. The molecular formula is C24H38N4O2. The maximum absolute atomic E-state index is 12.6. The van der Waals surface area contributed by atoms with E-state index in [0.29, 0.717) is 25.7 Å². The van der Waals surface area contributed by atoms with Crippen LogP contribution in [-0.4, -0.2) is 62.5 Å². The zero-order valence-electron chi connectivity index (χ0n) is 18.4. The van der Waals surface area contributed by atoms with Crippen molar-refractivity contribution in [3.8, 4) is 0 Å². The molecular weight excluding hydrogens is 376 g/mol. The SMILES string of the molecule is CN(CCCNC(=O)CN1CCCC(C(=O)NC2CCCCC2)C1)c1ccccc1. The number of benzene rings is 1. The Morgan fingerprint density at radius 1 is 1.07 bits per heavy atom. The quantitative estimate of drug-likeness (QED) is 0.610. The average Bonchev–Trinajstić information content (AvgIpc) is 2.78. The Morgan fingerprint density at radius 2 is 1.83 bits per heavy atom. The van der Waals surface area contributed by atoms with Crippen molar-refractivity contribution in [1.29, 1.82) is 0 Å². The fraction of sp³-hybridized carbons (Fsp3) is 0.667. The smallest absolute Gasteiger partial charge is 0.234 e. The molecule has 0 bridgehead atoms. The van der Waals surface area contributed by atoms with E-state index in [1.54, 1.807) is 0 Å². The van der Waals surface area contributed by atoms with Crippen molar-refractivity contribution in [2.45, 2.75) is 57.4 Å². The highest BCUT2D eigenvalue weighted by Crippen LogP contribution is 2.20. The van der Waals surface area contributed by atoms with Crippen LogP contribution in [0.25, 0.3) is 0 Å². The molecule has 1 atom stereocenters. The highest BCUT2D eigenvalue weighted by molar-refractivity contribution is 5.80. The molecule has 3 rings (SSSR count). The van der Waals surface area contributed by atoms with Crippen LogP contribution in [-0.2, 0) is 9.59 Å². The molecule has 30 heavy (non-hydrogen) atoms. The third-order valence-electron chi connectivity index (χ3n) is 6.38. The summed E-state index contributed by atoms with van der Waals surface area (Å²) in [6.45, 7) is 3.56. The second-order valence-electron chi connectivity index (χ2n) is 8.88. The number of nitrogens with one attached hydrogen (secondary N) is 2. The van der Waals surface area contributed by atoms with Crippen LogP contribution in [0.4, 0.5) is 5.69 Å². The number of anilines is 1. The van der Waals surface area contributed by atoms with Crippen molar-refractivity contribution in [2.75, 3.05) is 44.7 Å². The fourth-order valence-corrected chi connectivity index (χ4v) is 4.59. The summed E-state index contributed by atoms with van der Waals surface area (Å²) in [5.74, 6) is 0.273. The van der Waals surface area contributed by atoms with Gasteiger partial charge in [0.1, 0.15) is 0 Å². The van der Waals surface area contributed by atoms with Gasteiger partial charge in [-0.05, 0) is 50.8 Å². The van der Waals surface area contributed by atoms with Gasteiger partial charge in [0.25, 0.3) is 0 Å². The number of amides is 2. The maximum Gasteiger partial charge on any atom is 0.234 e. The number of hydrogen-bond donors (Lipinski definition) is 2. The normalized spacial score (nSPS) is 20.5. The summed E-state index contributed by atoms with van der Waals surface area (Å²) in [5.41, 5.74) is 1.19.